The molecule has 0 aliphatic rings. The lowest BCUT2D eigenvalue weighted by molar-refractivity contribution is -0.119. The van der Waals surface area contributed by atoms with Gasteiger partial charge in [0.05, 0.1) is 11.8 Å². The van der Waals surface area contributed by atoms with Crippen LogP contribution in [0.1, 0.15) is 24.1 Å². The van der Waals surface area contributed by atoms with Crippen molar-refractivity contribution in [2.45, 2.75) is 18.7 Å². The summed E-state index contributed by atoms with van der Waals surface area (Å²) >= 11 is 13.6. The number of halogens is 2. The van der Waals surface area contributed by atoms with Crippen LogP contribution in [0.25, 0.3) is 0 Å². The maximum absolute atomic E-state index is 12.0. The number of rotatable bonds is 6. The molecule has 1 aromatic heterocycles. The van der Waals surface area contributed by atoms with Gasteiger partial charge in [-0.2, -0.15) is 0 Å². The Bertz CT molecular complexity index is 637. The van der Waals surface area contributed by atoms with Crippen LogP contribution in [0.15, 0.2) is 42.7 Å². The third kappa shape index (κ3) is 5.20. The molecule has 2 aromatic rings. The molecule has 0 saturated carbocycles. The van der Waals surface area contributed by atoms with Crippen molar-refractivity contribution in [2.75, 3.05) is 5.75 Å². The van der Waals surface area contributed by atoms with Gasteiger partial charge in [-0.15, -0.1) is 11.8 Å². The first kappa shape index (κ1) is 17.1. The minimum Gasteiger partial charge on any atom is -0.349 e. The number of nitrogens with zero attached hydrogens (tertiary/aromatic N) is 1. The molecular weight excluding hydrogens is 339 g/mol. The van der Waals surface area contributed by atoms with E-state index in [2.05, 4.69) is 10.3 Å². The van der Waals surface area contributed by atoms with Crippen molar-refractivity contribution in [1.29, 1.82) is 0 Å². The van der Waals surface area contributed by atoms with E-state index in [1.807, 2.05) is 25.1 Å². The van der Waals surface area contributed by atoms with Gasteiger partial charge in [-0.25, -0.2) is 0 Å². The predicted molar refractivity (Wildman–Crippen MR) is 93.4 cm³/mol. The average Bonchev–Trinajstić information content (AvgIpc) is 2.48. The van der Waals surface area contributed by atoms with Gasteiger partial charge in [-0.3, -0.25) is 9.78 Å². The van der Waals surface area contributed by atoms with Crippen molar-refractivity contribution in [1.82, 2.24) is 10.3 Å². The van der Waals surface area contributed by atoms with E-state index >= 15 is 0 Å². The zero-order chi connectivity index (χ0) is 15.9. The Morgan fingerprint density at radius 1 is 1.36 bits per heavy atom. The van der Waals surface area contributed by atoms with Crippen molar-refractivity contribution < 1.29 is 4.79 Å². The van der Waals surface area contributed by atoms with Crippen molar-refractivity contribution in [2.24, 2.45) is 0 Å². The average molecular weight is 355 g/mol. The van der Waals surface area contributed by atoms with Crippen molar-refractivity contribution in [3.05, 3.63) is 63.9 Å². The third-order valence-corrected chi connectivity index (χ3v) is 4.60. The molecule has 0 saturated heterocycles. The second kappa shape index (κ2) is 8.42. The standard InChI is InChI=1S/C16H16Cl2N2OS/c1-11(14-5-4-13(17)7-15(14)18)20-16(21)10-22-9-12-3-2-6-19-8-12/h2-8,11H,9-10H2,1H3,(H,20,21). The summed E-state index contributed by atoms with van der Waals surface area (Å²) in [5.41, 5.74) is 1.96. The quantitative estimate of drug-likeness (QED) is 0.830. The second-order valence-electron chi connectivity index (χ2n) is 4.81. The van der Waals surface area contributed by atoms with Crippen LogP contribution in [0.3, 0.4) is 0 Å². The predicted octanol–water partition coefficient (Wildman–Crippen LogP) is 4.50. The molecule has 1 N–H and O–H groups in total. The van der Waals surface area contributed by atoms with Gasteiger partial charge in [0.15, 0.2) is 0 Å². The van der Waals surface area contributed by atoms with E-state index < -0.39 is 0 Å². The molecule has 116 valence electrons. The van der Waals surface area contributed by atoms with Crippen LogP contribution in [0.5, 0.6) is 0 Å². The van der Waals surface area contributed by atoms with Gasteiger partial charge in [0, 0.05) is 28.2 Å². The van der Waals surface area contributed by atoms with E-state index in [-0.39, 0.29) is 11.9 Å². The summed E-state index contributed by atoms with van der Waals surface area (Å²) in [7, 11) is 0. The van der Waals surface area contributed by atoms with Gasteiger partial charge < -0.3 is 5.32 Å². The maximum Gasteiger partial charge on any atom is 0.230 e. The molecule has 1 atom stereocenters. The first-order chi connectivity index (χ1) is 10.6. The molecule has 1 unspecified atom stereocenters. The summed E-state index contributed by atoms with van der Waals surface area (Å²) in [6.45, 7) is 1.90. The van der Waals surface area contributed by atoms with Crippen LogP contribution < -0.4 is 5.32 Å². The topological polar surface area (TPSA) is 42.0 Å². The number of thioether (sulfide) groups is 1. The monoisotopic (exact) mass is 354 g/mol. The third-order valence-electron chi connectivity index (χ3n) is 3.03. The lowest BCUT2D eigenvalue weighted by Gasteiger charge is -2.16. The molecule has 0 fully saturated rings. The number of amides is 1. The van der Waals surface area contributed by atoms with Crippen LogP contribution in [0.2, 0.25) is 10.0 Å². The molecule has 0 aliphatic heterocycles. The van der Waals surface area contributed by atoms with E-state index in [1.54, 1.807) is 36.3 Å². The molecule has 1 aromatic carbocycles. The lowest BCUT2D eigenvalue weighted by atomic mass is 10.1. The van der Waals surface area contributed by atoms with Gasteiger partial charge in [-0.1, -0.05) is 35.3 Å². The summed E-state index contributed by atoms with van der Waals surface area (Å²) in [6.07, 6.45) is 3.54. The second-order valence-corrected chi connectivity index (χ2v) is 6.64. The molecule has 1 amide bonds. The van der Waals surface area contributed by atoms with Crippen LogP contribution in [0, 0.1) is 0 Å². The number of pyridine rings is 1. The minimum atomic E-state index is -0.156. The van der Waals surface area contributed by atoms with Gasteiger partial charge >= 0.3 is 0 Å². The fourth-order valence-electron chi connectivity index (χ4n) is 1.96. The Balaban J connectivity index is 1.81. The Kier molecular flexibility index (Phi) is 6.55. The number of aromatic nitrogens is 1. The van der Waals surface area contributed by atoms with Gasteiger partial charge in [-0.05, 0) is 36.2 Å². The Morgan fingerprint density at radius 2 is 2.18 bits per heavy atom. The number of nitrogens with one attached hydrogen (secondary N) is 1. The van der Waals surface area contributed by atoms with Crippen LogP contribution >= 0.6 is 35.0 Å². The summed E-state index contributed by atoms with van der Waals surface area (Å²) in [5.74, 6) is 1.13. The maximum atomic E-state index is 12.0. The van der Waals surface area contributed by atoms with Crippen LogP contribution in [-0.4, -0.2) is 16.6 Å². The fraction of sp³-hybridized carbons (Fsp3) is 0.250. The molecule has 22 heavy (non-hydrogen) atoms. The largest absolute Gasteiger partial charge is 0.349 e. The van der Waals surface area contributed by atoms with Crippen molar-refractivity contribution >= 4 is 40.9 Å². The molecule has 6 heteroatoms. The van der Waals surface area contributed by atoms with E-state index in [0.29, 0.717) is 15.8 Å². The van der Waals surface area contributed by atoms with E-state index in [9.17, 15) is 4.79 Å². The van der Waals surface area contributed by atoms with E-state index in [4.69, 9.17) is 23.2 Å². The molecule has 0 aliphatic carbocycles. The molecule has 3 nitrogen and oxygen atoms in total. The highest BCUT2D eigenvalue weighted by Crippen LogP contribution is 2.26. The zero-order valence-electron chi connectivity index (χ0n) is 12.1. The number of carbonyl (C=O) groups is 1. The first-order valence-electron chi connectivity index (χ1n) is 6.77. The summed E-state index contributed by atoms with van der Waals surface area (Å²) in [4.78, 5) is 16.0. The number of hydrogen-bond donors (Lipinski definition) is 1. The summed E-state index contributed by atoms with van der Waals surface area (Å²) in [5, 5.41) is 4.08. The van der Waals surface area contributed by atoms with E-state index in [1.165, 1.54) is 0 Å². The Morgan fingerprint density at radius 3 is 2.86 bits per heavy atom. The smallest absolute Gasteiger partial charge is 0.230 e. The highest BCUT2D eigenvalue weighted by Gasteiger charge is 2.13. The van der Waals surface area contributed by atoms with Crippen LogP contribution in [0.4, 0.5) is 0 Å². The zero-order valence-corrected chi connectivity index (χ0v) is 14.4. The van der Waals surface area contributed by atoms with Crippen molar-refractivity contribution in [3.63, 3.8) is 0 Å². The number of benzene rings is 1. The summed E-state index contributed by atoms with van der Waals surface area (Å²) < 4.78 is 0. The molecular formula is C16H16Cl2N2OS. The molecule has 2 rings (SSSR count). The highest BCUT2D eigenvalue weighted by molar-refractivity contribution is 7.99. The molecule has 0 bridgehead atoms. The number of carbonyl (C=O) groups excluding carboxylic acids is 1. The Hall–Kier alpha value is -1.23. The van der Waals surface area contributed by atoms with E-state index in [0.717, 1.165) is 16.9 Å². The first-order valence-corrected chi connectivity index (χ1v) is 8.68. The fourth-order valence-corrected chi connectivity index (χ4v) is 3.31. The molecule has 1 heterocycles. The van der Waals surface area contributed by atoms with Gasteiger partial charge in [0.2, 0.25) is 5.91 Å². The van der Waals surface area contributed by atoms with Gasteiger partial charge in [0.25, 0.3) is 0 Å². The molecule has 0 radical (unpaired) electrons. The molecule has 0 spiro atoms. The van der Waals surface area contributed by atoms with Crippen LogP contribution in [-0.2, 0) is 10.5 Å². The highest BCUT2D eigenvalue weighted by atomic mass is 35.5. The normalized spacial score (nSPS) is 12.0. The lowest BCUT2D eigenvalue weighted by Crippen LogP contribution is -2.28. The minimum absolute atomic E-state index is 0.0209. The SMILES string of the molecule is CC(NC(=O)CSCc1cccnc1)c1ccc(Cl)cc1Cl. The van der Waals surface area contributed by atoms with Crippen molar-refractivity contribution in [3.8, 4) is 0 Å². The summed E-state index contributed by atoms with van der Waals surface area (Å²) in [6, 6.07) is 9.00. The van der Waals surface area contributed by atoms with Gasteiger partial charge in [0.1, 0.15) is 0 Å². The number of hydrogen-bond acceptors (Lipinski definition) is 3. The Labute approximate surface area is 144 Å².